The largest absolute Gasteiger partial charge is 0.490 e. The first kappa shape index (κ1) is 22.1. The summed E-state index contributed by atoms with van der Waals surface area (Å²) >= 11 is 0. The van der Waals surface area contributed by atoms with E-state index in [0.717, 1.165) is 50.6 Å². The predicted octanol–water partition coefficient (Wildman–Crippen LogP) is 5.71. The molecule has 4 heteroatoms. The van der Waals surface area contributed by atoms with Crippen molar-refractivity contribution in [2.45, 2.75) is 84.2 Å². The van der Waals surface area contributed by atoms with Gasteiger partial charge < -0.3 is 14.7 Å². The molecule has 3 rings (SSSR count). The molecule has 2 aliphatic rings. The normalized spacial score (nSPS) is 26.2. The van der Waals surface area contributed by atoms with Crippen LogP contribution >= 0.6 is 0 Å². The Hall–Kier alpha value is -1.55. The standard InChI is InChI=1S/C25H39NO3/c1-25(2,3)21-10-14-23(15-11-21)29-22-12-8-19(9-13-22)20-6-4-16-26(18-20)17-5-7-24(27)28/h8-9,12-13,20-21,23H,4-7,10-11,14-18H2,1-3H3,(H,27,28)/t20?,21-,23-. The van der Waals surface area contributed by atoms with Crippen molar-refractivity contribution in [1.82, 2.24) is 4.90 Å². The first-order valence-electron chi connectivity index (χ1n) is 11.5. The van der Waals surface area contributed by atoms with Gasteiger partial charge in [-0.25, -0.2) is 0 Å². The molecule has 0 bridgehead atoms. The van der Waals surface area contributed by atoms with Crippen molar-refractivity contribution < 1.29 is 14.6 Å². The van der Waals surface area contributed by atoms with Crippen LogP contribution in [-0.2, 0) is 4.79 Å². The van der Waals surface area contributed by atoms with Crippen molar-refractivity contribution in [3.05, 3.63) is 29.8 Å². The van der Waals surface area contributed by atoms with E-state index in [1.165, 1.54) is 31.2 Å². The van der Waals surface area contributed by atoms with Gasteiger partial charge >= 0.3 is 5.97 Å². The first-order valence-corrected chi connectivity index (χ1v) is 11.5. The fourth-order valence-corrected chi connectivity index (χ4v) is 5.04. The number of hydrogen-bond donors (Lipinski definition) is 1. The zero-order chi connectivity index (χ0) is 20.9. The van der Waals surface area contributed by atoms with Crippen LogP contribution in [-0.4, -0.2) is 41.7 Å². The number of hydrogen-bond acceptors (Lipinski definition) is 3. The zero-order valence-electron chi connectivity index (χ0n) is 18.5. The third-order valence-corrected chi connectivity index (χ3v) is 6.92. The number of piperidine rings is 1. The predicted molar refractivity (Wildman–Crippen MR) is 118 cm³/mol. The molecule has 1 aliphatic heterocycles. The van der Waals surface area contributed by atoms with E-state index in [4.69, 9.17) is 9.84 Å². The molecule has 4 nitrogen and oxygen atoms in total. The van der Waals surface area contributed by atoms with Crippen molar-refractivity contribution in [2.24, 2.45) is 11.3 Å². The Morgan fingerprint density at radius 1 is 1.10 bits per heavy atom. The Balaban J connectivity index is 1.47. The number of likely N-dealkylation sites (tertiary alicyclic amines) is 1. The van der Waals surface area contributed by atoms with Crippen LogP contribution in [0.15, 0.2) is 24.3 Å². The molecule has 1 aliphatic carbocycles. The molecular formula is C25H39NO3. The van der Waals surface area contributed by atoms with E-state index >= 15 is 0 Å². The maximum absolute atomic E-state index is 10.7. The zero-order valence-corrected chi connectivity index (χ0v) is 18.5. The molecule has 1 aromatic rings. The van der Waals surface area contributed by atoms with Crippen LogP contribution in [0.5, 0.6) is 5.75 Å². The highest BCUT2D eigenvalue weighted by molar-refractivity contribution is 5.66. The number of carboxylic acid groups (broad SMARTS) is 1. The Labute approximate surface area is 176 Å². The lowest BCUT2D eigenvalue weighted by molar-refractivity contribution is -0.137. The van der Waals surface area contributed by atoms with Gasteiger partial charge in [0.1, 0.15) is 5.75 Å². The molecule has 0 aromatic heterocycles. The lowest BCUT2D eigenvalue weighted by Crippen LogP contribution is -2.35. The summed E-state index contributed by atoms with van der Waals surface area (Å²) < 4.78 is 6.29. The minimum atomic E-state index is -0.693. The van der Waals surface area contributed by atoms with Crippen LogP contribution in [0.3, 0.4) is 0 Å². The summed E-state index contributed by atoms with van der Waals surface area (Å²) in [6.45, 7) is 10.1. The number of carbonyl (C=O) groups is 1. The SMILES string of the molecule is CC(C)(C)[C@H]1CC[C@H](Oc2ccc(C3CCCN(CCCC(=O)O)C3)cc2)CC1. The van der Waals surface area contributed by atoms with Gasteiger partial charge in [0.15, 0.2) is 0 Å². The van der Waals surface area contributed by atoms with Gasteiger partial charge in [-0.15, -0.1) is 0 Å². The summed E-state index contributed by atoms with van der Waals surface area (Å²) in [6, 6.07) is 8.77. The van der Waals surface area contributed by atoms with Crippen LogP contribution in [0.25, 0.3) is 0 Å². The van der Waals surface area contributed by atoms with Gasteiger partial charge in [0.25, 0.3) is 0 Å². The number of rotatable bonds is 7. The van der Waals surface area contributed by atoms with Gasteiger partial charge in [0.2, 0.25) is 0 Å². The van der Waals surface area contributed by atoms with E-state index in [-0.39, 0.29) is 6.42 Å². The van der Waals surface area contributed by atoms with Crippen LogP contribution < -0.4 is 4.74 Å². The maximum Gasteiger partial charge on any atom is 0.303 e. The summed E-state index contributed by atoms with van der Waals surface area (Å²) in [7, 11) is 0. The van der Waals surface area contributed by atoms with Crippen molar-refractivity contribution in [3.63, 3.8) is 0 Å². The highest BCUT2D eigenvalue weighted by Gasteiger charge is 2.30. The fourth-order valence-electron chi connectivity index (χ4n) is 5.04. The molecule has 1 heterocycles. The summed E-state index contributed by atoms with van der Waals surface area (Å²) in [4.78, 5) is 13.2. The Morgan fingerprint density at radius 2 is 1.79 bits per heavy atom. The third-order valence-electron chi connectivity index (χ3n) is 6.92. The second-order valence-corrected chi connectivity index (χ2v) is 10.2. The van der Waals surface area contributed by atoms with E-state index < -0.39 is 5.97 Å². The first-order chi connectivity index (χ1) is 13.8. The summed E-state index contributed by atoms with van der Waals surface area (Å²) in [5.74, 6) is 1.67. The number of ether oxygens (including phenoxy) is 1. The van der Waals surface area contributed by atoms with Gasteiger partial charge in [0.05, 0.1) is 6.10 Å². The van der Waals surface area contributed by atoms with Crippen LogP contribution in [0.4, 0.5) is 0 Å². The van der Waals surface area contributed by atoms with Crippen LogP contribution in [0.1, 0.15) is 83.6 Å². The smallest absolute Gasteiger partial charge is 0.303 e. The molecule has 1 N–H and O–H groups in total. The van der Waals surface area contributed by atoms with Crippen molar-refractivity contribution in [2.75, 3.05) is 19.6 Å². The summed E-state index contributed by atoms with van der Waals surface area (Å²) in [5.41, 5.74) is 1.80. The summed E-state index contributed by atoms with van der Waals surface area (Å²) in [6.07, 6.45) is 8.64. The van der Waals surface area contributed by atoms with Crippen LogP contribution in [0, 0.1) is 11.3 Å². The molecule has 29 heavy (non-hydrogen) atoms. The Kier molecular flexibility index (Phi) is 7.61. The average molecular weight is 402 g/mol. The molecule has 0 amide bonds. The lowest BCUT2D eigenvalue weighted by Gasteiger charge is -2.37. The highest BCUT2D eigenvalue weighted by Crippen LogP contribution is 2.39. The molecule has 0 spiro atoms. The van der Waals surface area contributed by atoms with Crippen molar-refractivity contribution >= 4 is 5.97 Å². The maximum atomic E-state index is 10.7. The molecule has 2 fully saturated rings. The Bertz CT molecular complexity index is 641. The highest BCUT2D eigenvalue weighted by atomic mass is 16.5. The molecule has 1 saturated heterocycles. The molecule has 0 radical (unpaired) electrons. The minimum absolute atomic E-state index is 0.269. The second-order valence-electron chi connectivity index (χ2n) is 10.2. The number of benzene rings is 1. The molecule has 1 saturated carbocycles. The number of aliphatic carboxylic acids is 1. The minimum Gasteiger partial charge on any atom is -0.490 e. The lowest BCUT2D eigenvalue weighted by atomic mass is 9.72. The van der Waals surface area contributed by atoms with Crippen molar-refractivity contribution in [3.8, 4) is 5.75 Å². The molecular weight excluding hydrogens is 362 g/mol. The third kappa shape index (κ3) is 6.74. The van der Waals surface area contributed by atoms with Gasteiger partial charge in [-0.2, -0.15) is 0 Å². The quantitative estimate of drug-likeness (QED) is 0.635. The van der Waals surface area contributed by atoms with Gasteiger partial charge in [0, 0.05) is 13.0 Å². The molecule has 1 unspecified atom stereocenters. The van der Waals surface area contributed by atoms with E-state index in [9.17, 15) is 4.79 Å². The fraction of sp³-hybridized carbons (Fsp3) is 0.720. The van der Waals surface area contributed by atoms with E-state index in [1.807, 2.05) is 0 Å². The van der Waals surface area contributed by atoms with Crippen LogP contribution in [0.2, 0.25) is 0 Å². The Morgan fingerprint density at radius 3 is 2.41 bits per heavy atom. The van der Waals surface area contributed by atoms with Gasteiger partial charge in [-0.05, 0) is 93.0 Å². The molecule has 1 atom stereocenters. The number of carboxylic acids is 1. The van der Waals surface area contributed by atoms with E-state index in [2.05, 4.69) is 49.9 Å². The second kappa shape index (κ2) is 9.97. The monoisotopic (exact) mass is 401 g/mol. The topological polar surface area (TPSA) is 49.8 Å². The van der Waals surface area contributed by atoms with Gasteiger partial charge in [-0.1, -0.05) is 32.9 Å². The number of nitrogens with zero attached hydrogens (tertiary/aromatic N) is 1. The molecule has 162 valence electrons. The molecule has 1 aromatic carbocycles. The summed E-state index contributed by atoms with van der Waals surface area (Å²) in [5, 5.41) is 8.83. The average Bonchev–Trinajstić information content (AvgIpc) is 2.68. The van der Waals surface area contributed by atoms with Crippen molar-refractivity contribution in [1.29, 1.82) is 0 Å². The van der Waals surface area contributed by atoms with Gasteiger partial charge in [-0.3, -0.25) is 4.79 Å². The van der Waals surface area contributed by atoms with E-state index in [1.54, 1.807) is 0 Å². The van der Waals surface area contributed by atoms with E-state index in [0.29, 0.717) is 17.4 Å².